The summed E-state index contributed by atoms with van der Waals surface area (Å²) in [7, 11) is -2.24. The van der Waals surface area contributed by atoms with E-state index >= 15 is 0 Å². The average Bonchev–Trinajstić information content (AvgIpc) is 2.99. The summed E-state index contributed by atoms with van der Waals surface area (Å²) in [5, 5.41) is 0.522. The predicted molar refractivity (Wildman–Crippen MR) is 103 cm³/mol. The number of carbonyl (C=O) groups is 1. The largest absolute Gasteiger partial charge is 0.497 e. The number of esters is 1. The van der Waals surface area contributed by atoms with E-state index < -0.39 is 16.0 Å². The Balaban J connectivity index is 2.04. The van der Waals surface area contributed by atoms with Gasteiger partial charge in [-0.15, -0.1) is 0 Å². The molecule has 2 aromatic carbocycles. The molecule has 8 heteroatoms. The number of nitrogens with one attached hydrogen (secondary N) is 2. The summed E-state index contributed by atoms with van der Waals surface area (Å²) in [4.78, 5) is 15.2. The van der Waals surface area contributed by atoms with Crippen LogP contribution in [0.25, 0.3) is 10.9 Å². The molecule has 0 fully saturated rings. The summed E-state index contributed by atoms with van der Waals surface area (Å²) < 4.78 is 38.2. The number of sulfonamides is 1. The SMILES string of the molecule is CCOC(=O)c1[nH]c2ccc(OC)cc2c1NS(=O)(=O)Cc1ccccc1. The highest BCUT2D eigenvalue weighted by Gasteiger charge is 2.23. The molecule has 3 aromatic rings. The molecule has 0 spiro atoms. The van der Waals surface area contributed by atoms with E-state index in [-0.39, 0.29) is 23.7 Å². The molecule has 27 heavy (non-hydrogen) atoms. The highest BCUT2D eigenvalue weighted by atomic mass is 32.2. The van der Waals surface area contributed by atoms with Crippen LogP contribution in [0.1, 0.15) is 23.0 Å². The average molecular weight is 388 g/mol. The van der Waals surface area contributed by atoms with Gasteiger partial charge in [-0.25, -0.2) is 13.2 Å². The Morgan fingerprint density at radius 1 is 1.15 bits per heavy atom. The van der Waals surface area contributed by atoms with Crippen molar-refractivity contribution in [2.45, 2.75) is 12.7 Å². The second-order valence-electron chi connectivity index (χ2n) is 5.85. The quantitative estimate of drug-likeness (QED) is 0.605. The third-order valence-corrected chi connectivity index (χ3v) is 5.17. The fraction of sp³-hybridized carbons (Fsp3) is 0.211. The molecule has 3 rings (SSSR count). The molecule has 0 radical (unpaired) electrons. The first kappa shape index (κ1) is 18.8. The molecule has 142 valence electrons. The van der Waals surface area contributed by atoms with Crippen molar-refractivity contribution < 1.29 is 22.7 Å². The Bertz CT molecular complexity index is 1060. The van der Waals surface area contributed by atoms with Crippen molar-refractivity contribution in [1.29, 1.82) is 0 Å². The molecule has 1 aromatic heterocycles. The Morgan fingerprint density at radius 3 is 2.56 bits per heavy atom. The first-order chi connectivity index (χ1) is 12.9. The summed E-state index contributed by atoms with van der Waals surface area (Å²) in [5.74, 6) is -0.308. The molecule has 1 heterocycles. The van der Waals surface area contributed by atoms with Crippen molar-refractivity contribution in [3.8, 4) is 5.75 Å². The van der Waals surface area contributed by atoms with E-state index in [1.165, 1.54) is 7.11 Å². The molecule has 2 N–H and O–H groups in total. The second kappa shape index (κ2) is 7.71. The van der Waals surface area contributed by atoms with E-state index in [2.05, 4.69) is 9.71 Å². The number of aromatic nitrogens is 1. The predicted octanol–water partition coefficient (Wildman–Crippen LogP) is 3.30. The first-order valence-electron chi connectivity index (χ1n) is 8.34. The van der Waals surface area contributed by atoms with Gasteiger partial charge in [-0.2, -0.15) is 0 Å². The summed E-state index contributed by atoms with van der Waals surface area (Å²) in [5.41, 5.74) is 1.44. The van der Waals surface area contributed by atoms with E-state index in [0.717, 1.165) is 0 Å². The van der Waals surface area contributed by atoms with Crippen molar-refractivity contribution in [2.75, 3.05) is 18.4 Å². The summed E-state index contributed by atoms with van der Waals surface area (Å²) in [6, 6.07) is 13.9. The number of ether oxygens (including phenoxy) is 2. The number of H-pyrrole nitrogens is 1. The normalized spacial score (nSPS) is 11.3. The van der Waals surface area contributed by atoms with Crippen LogP contribution in [0.15, 0.2) is 48.5 Å². The molecule has 0 saturated carbocycles. The van der Waals surface area contributed by atoms with Gasteiger partial charge in [0.2, 0.25) is 10.0 Å². The minimum absolute atomic E-state index is 0.0525. The van der Waals surface area contributed by atoms with Gasteiger partial charge in [-0.05, 0) is 30.7 Å². The number of anilines is 1. The van der Waals surface area contributed by atoms with E-state index in [9.17, 15) is 13.2 Å². The van der Waals surface area contributed by atoms with Gasteiger partial charge in [-0.1, -0.05) is 30.3 Å². The van der Waals surface area contributed by atoms with Gasteiger partial charge < -0.3 is 14.5 Å². The summed E-state index contributed by atoms with van der Waals surface area (Å²) in [6.45, 7) is 1.86. The van der Waals surface area contributed by atoms with Crippen LogP contribution < -0.4 is 9.46 Å². The minimum atomic E-state index is -3.76. The van der Waals surface area contributed by atoms with Crippen LogP contribution in [0, 0.1) is 0 Å². The van der Waals surface area contributed by atoms with Crippen LogP contribution in [0.3, 0.4) is 0 Å². The number of rotatable bonds is 7. The standard InChI is InChI=1S/C19H20N2O5S/c1-3-26-19(22)18-17(15-11-14(25-2)9-10-16(15)20-18)21-27(23,24)12-13-7-5-4-6-8-13/h4-11,20-21H,3,12H2,1-2H3. The van der Waals surface area contributed by atoms with Gasteiger partial charge in [-0.3, -0.25) is 4.72 Å². The molecule has 0 bridgehead atoms. The third kappa shape index (κ3) is 4.22. The smallest absolute Gasteiger partial charge is 0.356 e. The molecule has 0 atom stereocenters. The topological polar surface area (TPSA) is 97.5 Å². The van der Waals surface area contributed by atoms with Gasteiger partial charge in [0.05, 0.1) is 25.2 Å². The Hall–Kier alpha value is -3.00. The Morgan fingerprint density at radius 2 is 1.89 bits per heavy atom. The number of aromatic amines is 1. The molecule has 0 aliphatic rings. The summed E-state index contributed by atoms with van der Waals surface area (Å²) >= 11 is 0. The lowest BCUT2D eigenvalue weighted by atomic mass is 10.2. The van der Waals surface area contributed by atoms with Gasteiger partial charge in [0, 0.05) is 10.9 Å². The van der Waals surface area contributed by atoms with Gasteiger partial charge in [0.15, 0.2) is 5.69 Å². The Labute approximate surface area is 157 Å². The number of methoxy groups -OCH3 is 1. The number of hydrogen-bond donors (Lipinski definition) is 2. The first-order valence-corrected chi connectivity index (χ1v) is 10.00. The lowest BCUT2D eigenvalue weighted by Crippen LogP contribution is -2.17. The van der Waals surface area contributed by atoms with E-state index in [1.807, 2.05) is 6.07 Å². The molecular formula is C19H20N2O5S. The number of benzene rings is 2. The van der Waals surface area contributed by atoms with Gasteiger partial charge >= 0.3 is 5.97 Å². The number of carbonyl (C=O) groups excluding carboxylic acids is 1. The van der Waals surface area contributed by atoms with E-state index in [4.69, 9.17) is 9.47 Å². The van der Waals surface area contributed by atoms with Crippen molar-refractivity contribution in [2.24, 2.45) is 0 Å². The maximum absolute atomic E-state index is 12.7. The van der Waals surface area contributed by atoms with Crippen LogP contribution in [0.4, 0.5) is 5.69 Å². The van der Waals surface area contributed by atoms with Crippen LogP contribution in [0.2, 0.25) is 0 Å². The molecule has 0 amide bonds. The zero-order valence-electron chi connectivity index (χ0n) is 15.0. The number of hydrogen-bond acceptors (Lipinski definition) is 5. The molecule has 0 aliphatic heterocycles. The maximum Gasteiger partial charge on any atom is 0.356 e. The molecular weight excluding hydrogens is 368 g/mol. The van der Waals surface area contributed by atoms with E-state index in [0.29, 0.717) is 22.2 Å². The third-order valence-electron chi connectivity index (χ3n) is 3.94. The van der Waals surface area contributed by atoms with Gasteiger partial charge in [0.1, 0.15) is 5.75 Å². The lowest BCUT2D eigenvalue weighted by molar-refractivity contribution is 0.0522. The zero-order chi connectivity index (χ0) is 19.4. The van der Waals surface area contributed by atoms with Crippen molar-refractivity contribution >= 4 is 32.6 Å². The fourth-order valence-electron chi connectivity index (χ4n) is 2.75. The maximum atomic E-state index is 12.7. The molecule has 0 saturated heterocycles. The summed E-state index contributed by atoms with van der Waals surface area (Å²) in [6.07, 6.45) is 0. The van der Waals surface area contributed by atoms with Crippen LogP contribution in [-0.4, -0.2) is 33.1 Å². The van der Waals surface area contributed by atoms with Crippen LogP contribution in [-0.2, 0) is 20.5 Å². The van der Waals surface area contributed by atoms with Crippen molar-refractivity contribution in [3.05, 3.63) is 59.8 Å². The van der Waals surface area contributed by atoms with Crippen LogP contribution >= 0.6 is 0 Å². The zero-order valence-corrected chi connectivity index (χ0v) is 15.8. The minimum Gasteiger partial charge on any atom is -0.497 e. The lowest BCUT2D eigenvalue weighted by Gasteiger charge is -2.10. The van der Waals surface area contributed by atoms with Crippen molar-refractivity contribution in [3.63, 3.8) is 0 Å². The fourth-order valence-corrected chi connectivity index (χ4v) is 3.97. The van der Waals surface area contributed by atoms with Gasteiger partial charge in [0.25, 0.3) is 0 Å². The highest BCUT2D eigenvalue weighted by molar-refractivity contribution is 7.92. The van der Waals surface area contributed by atoms with Crippen molar-refractivity contribution in [1.82, 2.24) is 4.98 Å². The number of fused-ring (bicyclic) bond motifs is 1. The monoisotopic (exact) mass is 388 g/mol. The molecule has 0 aliphatic carbocycles. The van der Waals surface area contributed by atoms with Crippen LogP contribution in [0.5, 0.6) is 5.75 Å². The second-order valence-corrected chi connectivity index (χ2v) is 7.58. The van der Waals surface area contributed by atoms with E-state index in [1.54, 1.807) is 49.4 Å². The molecule has 7 nitrogen and oxygen atoms in total. The molecule has 0 unspecified atom stereocenters. The highest BCUT2D eigenvalue weighted by Crippen LogP contribution is 2.32. The Kier molecular flexibility index (Phi) is 5.36.